The molecule has 25 heavy (non-hydrogen) atoms. The van der Waals surface area contributed by atoms with E-state index < -0.39 is 0 Å². The first-order valence-electron chi connectivity index (χ1n) is 8.49. The summed E-state index contributed by atoms with van der Waals surface area (Å²) in [4.78, 5) is 29.0. The molecule has 1 aliphatic heterocycles. The summed E-state index contributed by atoms with van der Waals surface area (Å²) in [5, 5.41) is 3.91. The molecule has 0 fully saturated rings. The minimum atomic E-state index is -0.0520. The fourth-order valence-corrected chi connectivity index (χ4v) is 3.45. The number of pyridine rings is 1. The maximum atomic E-state index is 12.6. The van der Waals surface area contributed by atoms with Gasteiger partial charge in [0, 0.05) is 47.9 Å². The zero-order valence-electron chi connectivity index (χ0n) is 14.0. The van der Waals surface area contributed by atoms with E-state index in [1.165, 1.54) is 0 Å². The summed E-state index contributed by atoms with van der Waals surface area (Å²) in [7, 11) is 0. The Balaban J connectivity index is 1.75. The van der Waals surface area contributed by atoms with E-state index in [1.807, 2.05) is 36.4 Å². The quantitative estimate of drug-likeness (QED) is 0.749. The van der Waals surface area contributed by atoms with Crippen LogP contribution in [0.3, 0.4) is 0 Å². The van der Waals surface area contributed by atoms with Crippen molar-refractivity contribution in [1.82, 2.24) is 14.9 Å². The van der Waals surface area contributed by atoms with Gasteiger partial charge >= 0.3 is 0 Å². The van der Waals surface area contributed by atoms with Crippen molar-refractivity contribution < 1.29 is 9.59 Å². The molecule has 0 bridgehead atoms. The highest BCUT2D eigenvalue weighted by Gasteiger charge is 2.23. The fourth-order valence-electron chi connectivity index (χ4n) is 3.45. The second-order valence-corrected chi connectivity index (χ2v) is 6.53. The van der Waals surface area contributed by atoms with Crippen LogP contribution in [-0.2, 0) is 6.42 Å². The lowest BCUT2D eigenvalue weighted by atomic mass is 10.0. The van der Waals surface area contributed by atoms with Gasteiger partial charge in [-0.15, -0.1) is 0 Å². The monoisotopic (exact) mass is 333 g/mol. The van der Waals surface area contributed by atoms with Crippen molar-refractivity contribution in [2.75, 3.05) is 6.54 Å². The largest absolute Gasteiger partial charge is 0.351 e. The number of hydrogen-bond donors (Lipinski definition) is 1. The molecule has 0 radical (unpaired) electrons. The van der Waals surface area contributed by atoms with Crippen LogP contribution in [0.2, 0.25) is 0 Å². The Morgan fingerprint density at radius 2 is 2.20 bits per heavy atom. The summed E-state index contributed by atoms with van der Waals surface area (Å²) in [6, 6.07) is 11.5. The third-order valence-electron chi connectivity index (χ3n) is 4.77. The summed E-state index contributed by atoms with van der Waals surface area (Å²) in [5.41, 5.74) is 3.16. The highest BCUT2D eigenvalue weighted by atomic mass is 16.2. The van der Waals surface area contributed by atoms with E-state index >= 15 is 0 Å². The lowest BCUT2D eigenvalue weighted by molar-refractivity contribution is 0.0950. The number of fused-ring (bicyclic) bond motifs is 3. The molecular weight excluding hydrogens is 314 g/mol. The van der Waals surface area contributed by atoms with Gasteiger partial charge in [0.25, 0.3) is 5.91 Å². The molecule has 1 atom stereocenters. The number of amides is 1. The molecule has 4 rings (SSSR count). The van der Waals surface area contributed by atoms with E-state index in [1.54, 1.807) is 12.4 Å². The van der Waals surface area contributed by atoms with Crippen LogP contribution < -0.4 is 5.32 Å². The van der Waals surface area contributed by atoms with Gasteiger partial charge in [-0.3, -0.25) is 14.6 Å². The number of nitrogens with zero attached hydrogens (tertiary/aromatic N) is 2. The van der Waals surface area contributed by atoms with Crippen molar-refractivity contribution >= 4 is 22.6 Å². The van der Waals surface area contributed by atoms with Crippen LogP contribution >= 0.6 is 0 Å². The lowest BCUT2D eigenvalue weighted by Gasteiger charge is -2.14. The molecule has 1 N–H and O–H groups in total. The Labute approximate surface area is 145 Å². The van der Waals surface area contributed by atoms with E-state index in [-0.39, 0.29) is 17.7 Å². The van der Waals surface area contributed by atoms with Gasteiger partial charge in [-0.05, 0) is 37.1 Å². The van der Waals surface area contributed by atoms with Crippen LogP contribution in [0.25, 0.3) is 10.9 Å². The van der Waals surface area contributed by atoms with Crippen molar-refractivity contribution in [1.29, 1.82) is 0 Å². The molecule has 1 unspecified atom stereocenters. The van der Waals surface area contributed by atoms with E-state index in [9.17, 15) is 9.59 Å². The Bertz CT molecular complexity index is 960. The zero-order chi connectivity index (χ0) is 17.4. The van der Waals surface area contributed by atoms with Gasteiger partial charge in [0.15, 0.2) is 5.78 Å². The fraction of sp³-hybridized carbons (Fsp3) is 0.250. The van der Waals surface area contributed by atoms with Gasteiger partial charge in [0.2, 0.25) is 0 Å². The first kappa shape index (κ1) is 15.6. The Hall–Kier alpha value is -2.95. The van der Waals surface area contributed by atoms with Crippen molar-refractivity contribution in [3.63, 3.8) is 0 Å². The van der Waals surface area contributed by atoms with Crippen LogP contribution in [0, 0.1) is 0 Å². The highest BCUT2D eigenvalue weighted by molar-refractivity contribution is 6.03. The van der Waals surface area contributed by atoms with E-state index in [0.29, 0.717) is 24.2 Å². The molecule has 2 aromatic heterocycles. The number of benzene rings is 1. The van der Waals surface area contributed by atoms with E-state index in [4.69, 9.17) is 0 Å². The maximum Gasteiger partial charge on any atom is 0.267 e. The summed E-state index contributed by atoms with van der Waals surface area (Å²) in [6.07, 6.45) is 4.60. The van der Waals surface area contributed by atoms with Crippen LogP contribution in [0.5, 0.6) is 0 Å². The number of hydrogen-bond acceptors (Lipinski definition) is 3. The second-order valence-electron chi connectivity index (χ2n) is 6.53. The Morgan fingerprint density at radius 1 is 1.32 bits per heavy atom. The predicted octanol–water partition coefficient (Wildman–Crippen LogP) is 3.16. The number of ketones is 1. The van der Waals surface area contributed by atoms with Crippen LogP contribution in [0.15, 0.2) is 48.8 Å². The smallest absolute Gasteiger partial charge is 0.267 e. The van der Waals surface area contributed by atoms with Gasteiger partial charge < -0.3 is 9.88 Å². The standard InChI is InChI=1S/C20H19N3O2/c1-13-6-8-22-20(25)18-10-15-4-5-16(11-17(15)23(13)18)19(24)9-14-3-2-7-21-12-14/h2-5,7,10-13H,6,8-9H2,1H3,(H,22,25). The second kappa shape index (κ2) is 6.16. The van der Waals surface area contributed by atoms with Crippen molar-refractivity contribution in [2.45, 2.75) is 25.8 Å². The first-order valence-corrected chi connectivity index (χ1v) is 8.49. The average molecular weight is 333 g/mol. The normalized spacial score (nSPS) is 17.0. The molecule has 3 aromatic rings. The van der Waals surface area contributed by atoms with Gasteiger partial charge in [-0.2, -0.15) is 0 Å². The van der Waals surface area contributed by atoms with E-state index in [2.05, 4.69) is 21.8 Å². The van der Waals surface area contributed by atoms with Crippen molar-refractivity contribution in [2.24, 2.45) is 0 Å². The van der Waals surface area contributed by atoms with Gasteiger partial charge in [-0.1, -0.05) is 18.2 Å². The molecule has 5 nitrogen and oxygen atoms in total. The summed E-state index contributed by atoms with van der Waals surface area (Å²) >= 11 is 0. The topological polar surface area (TPSA) is 64.0 Å². The molecule has 1 aliphatic rings. The number of nitrogens with one attached hydrogen (secondary N) is 1. The number of aromatic nitrogens is 2. The maximum absolute atomic E-state index is 12.6. The predicted molar refractivity (Wildman–Crippen MR) is 95.9 cm³/mol. The van der Waals surface area contributed by atoms with Crippen LogP contribution in [0.1, 0.15) is 45.8 Å². The zero-order valence-corrected chi connectivity index (χ0v) is 14.0. The molecule has 5 heteroatoms. The van der Waals surface area contributed by atoms with Gasteiger partial charge in [0.05, 0.1) is 0 Å². The molecule has 126 valence electrons. The molecule has 0 saturated carbocycles. The molecular formula is C20H19N3O2. The lowest BCUT2D eigenvalue weighted by Crippen LogP contribution is -2.22. The third kappa shape index (κ3) is 2.82. The van der Waals surface area contributed by atoms with Gasteiger partial charge in [0.1, 0.15) is 5.69 Å². The summed E-state index contributed by atoms with van der Waals surface area (Å²) < 4.78 is 2.05. The van der Waals surface area contributed by atoms with Crippen molar-refractivity contribution in [3.8, 4) is 0 Å². The molecule has 1 aromatic carbocycles. The molecule has 1 amide bonds. The summed E-state index contributed by atoms with van der Waals surface area (Å²) in [6.45, 7) is 2.77. The summed E-state index contributed by atoms with van der Waals surface area (Å²) in [5.74, 6) is -0.0000343. The molecule has 0 spiro atoms. The number of carbonyl (C=O) groups excluding carboxylic acids is 2. The third-order valence-corrected chi connectivity index (χ3v) is 4.77. The number of carbonyl (C=O) groups is 2. The molecule has 0 aliphatic carbocycles. The average Bonchev–Trinajstić information content (AvgIpc) is 2.94. The minimum absolute atomic E-state index is 0.0520. The number of Topliss-reactive ketones (excluding diaryl/α,β-unsaturated/α-hetero) is 1. The van der Waals surface area contributed by atoms with E-state index in [0.717, 1.165) is 22.9 Å². The van der Waals surface area contributed by atoms with Crippen LogP contribution in [-0.4, -0.2) is 27.8 Å². The van der Waals surface area contributed by atoms with Crippen molar-refractivity contribution in [3.05, 3.63) is 65.6 Å². The highest BCUT2D eigenvalue weighted by Crippen LogP contribution is 2.28. The van der Waals surface area contributed by atoms with Crippen LogP contribution in [0.4, 0.5) is 0 Å². The molecule has 3 heterocycles. The Kier molecular flexibility index (Phi) is 3.84. The van der Waals surface area contributed by atoms with Gasteiger partial charge in [-0.25, -0.2) is 0 Å². The number of rotatable bonds is 3. The SMILES string of the molecule is CC1CCNC(=O)c2cc3ccc(C(=O)Cc4cccnc4)cc3n21. The molecule has 0 saturated heterocycles. The minimum Gasteiger partial charge on any atom is -0.351 e. The first-order chi connectivity index (χ1) is 12.1. The Morgan fingerprint density at radius 3 is 3.00 bits per heavy atom.